The Balaban J connectivity index is 1.93. The first-order valence-corrected chi connectivity index (χ1v) is 5.36. The molecular formula is C12H14N2O3. The summed E-state index contributed by atoms with van der Waals surface area (Å²) in [6, 6.07) is 7.53. The van der Waals surface area contributed by atoms with Crippen LogP contribution in [0.4, 0.5) is 0 Å². The van der Waals surface area contributed by atoms with Crippen LogP contribution in [-0.4, -0.2) is 17.6 Å². The second-order valence-electron chi connectivity index (χ2n) is 3.63. The molecule has 0 aliphatic carbocycles. The number of amidine groups is 1. The van der Waals surface area contributed by atoms with E-state index in [4.69, 9.17) is 20.1 Å². The summed E-state index contributed by atoms with van der Waals surface area (Å²) in [6.07, 6.45) is 2.84. The van der Waals surface area contributed by atoms with Gasteiger partial charge in [0.25, 0.3) is 0 Å². The molecule has 0 bridgehead atoms. The normalized spacial score (nSPS) is 11.9. The number of benzene rings is 1. The van der Waals surface area contributed by atoms with Crippen LogP contribution in [0.2, 0.25) is 0 Å². The van der Waals surface area contributed by atoms with E-state index in [-0.39, 0.29) is 5.84 Å². The Labute approximate surface area is 98.5 Å². The molecule has 0 spiro atoms. The third-order valence-electron chi connectivity index (χ3n) is 2.42. The summed E-state index contributed by atoms with van der Waals surface area (Å²) in [5, 5.41) is 12.2. The monoisotopic (exact) mass is 234 g/mol. The lowest BCUT2D eigenvalue weighted by Crippen LogP contribution is -2.12. The van der Waals surface area contributed by atoms with E-state index in [1.165, 1.54) is 0 Å². The fraction of sp³-hybridized carbons (Fsp3) is 0.250. The van der Waals surface area contributed by atoms with Crippen molar-refractivity contribution in [1.29, 1.82) is 0 Å². The van der Waals surface area contributed by atoms with Crippen molar-refractivity contribution in [2.45, 2.75) is 12.8 Å². The SMILES string of the molecule is NC(CCCOc1cccc2occc12)=NO. The van der Waals surface area contributed by atoms with Crippen molar-refractivity contribution in [1.82, 2.24) is 0 Å². The first kappa shape index (κ1) is 11.3. The van der Waals surface area contributed by atoms with Gasteiger partial charge in [0.2, 0.25) is 0 Å². The molecule has 90 valence electrons. The summed E-state index contributed by atoms with van der Waals surface area (Å²) in [5.41, 5.74) is 6.16. The van der Waals surface area contributed by atoms with Crippen LogP contribution >= 0.6 is 0 Å². The fourth-order valence-corrected chi connectivity index (χ4v) is 1.58. The number of hydrogen-bond acceptors (Lipinski definition) is 4. The Morgan fingerprint density at radius 2 is 2.29 bits per heavy atom. The lowest BCUT2D eigenvalue weighted by atomic mass is 10.2. The Kier molecular flexibility index (Phi) is 3.49. The second kappa shape index (κ2) is 5.25. The molecule has 0 aliphatic rings. The van der Waals surface area contributed by atoms with E-state index in [9.17, 15) is 0 Å². The van der Waals surface area contributed by atoms with Crippen molar-refractivity contribution in [3.8, 4) is 5.75 Å². The van der Waals surface area contributed by atoms with Gasteiger partial charge in [-0.3, -0.25) is 0 Å². The van der Waals surface area contributed by atoms with Gasteiger partial charge in [-0.1, -0.05) is 11.2 Å². The maximum absolute atomic E-state index is 8.37. The van der Waals surface area contributed by atoms with Crippen LogP contribution in [0.1, 0.15) is 12.8 Å². The van der Waals surface area contributed by atoms with Crippen molar-refractivity contribution in [2.75, 3.05) is 6.61 Å². The zero-order valence-corrected chi connectivity index (χ0v) is 9.30. The molecule has 2 rings (SSSR count). The van der Waals surface area contributed by atoms with Gasteiger partial charge in [0, 0.05) is 6.42 Å². The van der Waals surface area contributed by atoms with Gasteiger partial charge in [-0.15, -0.1) is 0 Å². The molecule has 0 radical (unpaired) electrons. The quantitative estimate of drug-likeness (QED) is 0.273. The average molecular weight is 234 g/mol. The van der Waals surface area contributed by atoms with Crippen LogP contribution in [-0.2, 0) is 0 Å². The van der Waals surface area contributed by atoms with Gasteiger partial charge in [-0.2, -0.15) is 0 Å². The van der Waals surface area contributed by atoms with Gasteiger partial charge >= 0.3 is 0 Å². The molecule has 1 aromatic heterocycles. The van der Waals surface area contributed by atoms with E-state index in [1.54, 1.807) is 6.26 Å². The third kappa shape index (κ3) is 2.69. The molecule has 0 amide bonds. The minimum atomic E-state index is 0.218. The van der Waals surface area contributed by atoms with Crippen molar-refractivity contribution in [3.05, 3.63) is 30.5 Å². The molecule has 1 aromatic carbocycles. The van der Waals surface area contributed by atoms with E-state index in [0.29, 0.717) is 19.4 Å². The van der Waals surface area contributed by atoms with Crippen LogP contribution in [0.15, 0.2) is 40.1 Å². The van der Waals surface area contributed by atoms with E-state index in [1.807, 2.05) is 24.3 Å². The molecule has 5 nitrogen and oxygen atoms in total. The first-order valence-electron chi connectivity index (χ1n) is 5.36. The van der Waals surface area contributed by atoms with Gasteiger partial charge in [0.15, 0.2) is 0 Å². The molecule has 17 heavy (non-hydrogen) atoms. The lowest BCUT2D eigenvalue weighted by Gasteiger charge is -2.06. The van der Waals surface area contributed by atoms with Gasteiger partial charge in [0.1, 0.15) is 17.2 Å². The zero-order valence-electron chi connectivity index (χ0n) is 9.30. The highest BCUT2D eigenvalue weighted by molar-refractivity contribution is 5.83. The largest absolute Gasteiger partial charge is 0.493 e. The van der Waals surface area contributed by atoms with Crippen LogP contribution in [0, 0.1) is 0 Å². The number of rotatable bonds is 5. The van der Waals surface area contributed by atoms with Crippen molar-refractivity contribution >= 4 is 16.8 Å². The Bertz CT molecular complexity index is 519. The number of furan rings is 1. The molecule has 1 heterocycles. The number of nitrogens with zero attached hydrogens (tertiary/aromatic N) is 1. The Hall–Kier alpha value is -2.17. The van der Waals surface area contributed by atoms with E-state index >= 15 is 0 Å². The summed E-state index contributed by atoms with van der Waals surface area (Å²) < 4.78 is 10.9. The summed E-state index contributed by atoms with van der Waals surface area (Å²) in [5.74, 6) is 1.01. The van der Waals surface area contributed by atoms with Gasteiger partial charge in [0.05, 0.1) is 18.3 Å². The Morgan fingerprint density at radius 1 is 1.41 bits per heavy atom. The molecule has 0 aliphatic heterocycles. The van der Waals surface area contributed by atoms with Crippen molar-refractivity contribution < 1.29 is 14.4 Å². The summed E-state index contributed by atoms with van der Waals surface area (Å²) in [6.45, 7) is 0.514. The number of fused-ring (bicyclic) bond motifs is 1. The fourth-order valence-electron chi connectivity index (χ4n) is 1.58. The topological polar surface area (TPSA) is 81.0 Å². The standard InChI is InChI=1S/C12H14N2O3/c13-12(14-15)5-2-7-16-10-3-1-4-11-9(10)6-8-17-11/h1,3-4,6,8,15H,2,5,7H2,(H2,13,14). The molecular weight excluding hydrogens is 220 g/mol. The average Bonchev–Trinajstić information content (AvgIpc) is 2.83. The highest BCUT2D eigenvalue weighted by atomic mass is 16.5. The van der Waals surface area contributed by atoms with E-state index in [0.717, 1.165) is 16.7 Å². The molecule has 0 atom stereocenters. The molecule has 3 N–H and O–H groups in total. The smallest absolute Gasteiger partial charge is 0.139 e. The number of nitrogens with two attached hydrogens (primary N) is 1. The number of hydrogen-bond donors (Lipinski definition) is 2. The summed E-state index contributed by atoms with van der Waals surface area (Å²) >= 11 is 0. The van der Waals surface area contributed by atoms with Gasteiger partial charge in [-0.05, 0) is 24.6 Å². The van der Waals surface area contributed by atoms with E-state index in [2.05, 4.69) is 5.16 Å². The van der Waals surface area contributed by atoms with Crippen molar-refractivity contribution in [3.63, 3.8) is 0 Å². The predicted octanol–water partition coefficient (Wildman–Crippen LogP) is 2.34. The van der Waals surface area contributed by atoms with Crippen LogP contribution < -0.4 is 10.5 Å². The second-order valence-corrected chi connectivity index (χ2v) is 3.63. The van der Waals surface area contributed by atoms with E-state index < -0.39 is 0 Å². The third-order valence-corrected chi connectivity index (χ3v) is 2.42. The molecule has 0 unspecified atom stereocenters. The molecule has 2 aromatic rings. The maximum Gasteiger partial charge on any atom is 0.139 e. The van der Waals surface area contributed by atoms with Gasteiger partial charge < -0.3 is 20.1 Å². The zero-order chi connectivity index (χ0) is 12.1. The molecule has 0 saturated carbocycles. The Morgan fingerprint density at radius 3 is 3.12 bits per heavy atom. The lowest BCUT2D eigenvalue weighted by molar-refractivity contribution is 0.307. The molecule has 0 fully saturated rings. The van der Waals surface area contributed by atoms with Crippen molar-refractivity contribution in [2.24, 2.45) is 10.9 Å². The maximum atomic E-state index is 8.37. The van der Waals surface area contributed by atoms with Crippen LogP contribution in [0.3, 0.4) is 0 Å². The predicted molar refractivity (Wildman–Crippen MR) is 64.4 cm³/mol. The number of oxime groups is 1. The molecule has 5 heteroatoms. The highest BCUT2D eigenvalue weighted by Gasteiger charge is 2.03. The summed E-state index contributed by atoms with van der Waals surface area (Å²) in [4.78, 5) is 0. The number of ether oxygens (including phenoxy) is 1. The van der Waals surface area contributed by atoms with Crippen LogP contribution in [0.5, 0.6) is 5.75 Å². The highest BCUT2D eigenvalue weighted by Crippen LogP contribution is 2.26. The summed E-state index contributed by atoms with van der Waals surface area (Å²) in [7, 11) is 0. The minimum Gasteiger partial charge on any atom is -0.493 e. The minimum absolute atomic E-state index is 0.218. The van der Waals surface area contributed by atoms with Crippen LogP contribution in [0.25, 0.3) is 11.0 Å². The first-order chi connectivity index (χ1) is 8.31. The molecule has 0 saturated heterocycles. The van der Waals surface area contributed by atoms with Gasteiger partial charge in [-0.25, -0.2) is 0 Å².